The normalized spacial score (nSPS) is 27.6. The fourth-order valence-electron chi connectivity index (χ4n) is 2.97. The van der Waals surface area contributed by atoms with E-state index < -0.39 is 5.60 Å². The molecule has 2 fully saturated rings. The summed E-state index contributed by atoms with van der Waals surface area (Å²) in [7, 11) is 0. The molecule has 1 aromatic rings. The van der Waals surface area contributed by atoms with Gasteiger partial charge in [0.2, 0.25) is 0 Å². The number of aromatic amines is 1. The van der Waals surface area contributed by atoms with Gasteiger partial charge in [0.05, 0.1) is 24.9 Å². The highest BCUT2D eigenvalue weighted by molar-refractivity contribution is 5.05. The molecule has 3 heterocycles. The van der Waals surface area contributed by atoms with Gasteiger partial charge in [-0.25, -0.2) is 4.98 Å². The predicted molar refractivity (Wildman–Crippen MR) is 73.5 cm³/mol. The number of nitrogens with zero attached hydrogens (tertiary/aromatic N) is 2. The molecule has 6 heteroatoms. The topological polar surface area (TPSA) is 70.6 Å². The molecule has 0 aliphatic carbocycles. The summed E-state index contributed by atoms with van der Waals surface area (Å²) in [5.74, 6) is 0.929. The van der Waals surface area contributed by atoms with E-state index in [2.05, 4.69) is 14.9 Å². The maximum atomic E-state index is 10.7. The standard InChI is InChI=1S/C14H23N3O3/c1-11-8-15-13(16-11)12-9-20-7-4-17(12)10-14(18)2-5-19-6-3-14/h8,12,18H,2-7,9-10H2,1H3,(H,15,16)/t12-/m1/s1. The largest absolute Gasteiger partial charge is 0.388 e. The molecule has 1 aromatic heterocycles. The van der Waals surface area contributed by atoms with Crippen LogP contribution < -0.4 is 0 Å². The van der Waals surface area contributed by atoms with E-state index in [0.717, 1.165) is 18.1 Å². The van der Waals surface area contributed by atoms with E-state index in [4.69, 9.17) is 9.47 Å². The van der Waals surface area contributed by atoms with Gasteiger partial charge in [0.15, 0.2) is 0 Å². The quantitative estimate of drug-likeness (QED) is 0.850. The second kappa shape index (κ2) is 5.81. The summed E-state index contributed by atoms with van der Waals surface area (Å²) >= 11 is 0. The number of ether oxygens (including phenoxy) is 2. The van der Waals surface area contributed by atoms with Crippen LogP contribution in [0.15, 0.2) is 6.20 Å². The van der Waals surface area contributed by atoms with Crippen LogP contribution in [0.1, 0.15) is 30.4 Å². The van der Waals surface area contributed by atoms with Crippen molar-refractivity contribution in [2.45, 2.75) is 31.4 Å². The zero-order valence-electron chi connectivity index (χ0n) is 12.0. The lowest BCUT2D eigenvalue weighted by atomic mass is 9.93. The van der Waals surface area contributed by atoms with E-state index in [1.54, 1.807) is 0 Å². The molecule has 2 saturated heterocycles. The first-order valence-corrected chi connectivity index (χ1v) is 7.30. The van der Waals surface area contributed by atoms with E-state index in [1.165, 1.54) is 0 Å². The van der Waals surface area contributed by atoms with Crippen LogP contribution in [0, 0.1) is 6.92 Å². The number of morpholine rings is 1. The van der Waals surface area contributed by atoms with Gasteiger partial charge in [0, 0.05) is 51.0 Å². The Hall–Kier alpha value is -0.950. The van der Waals surface area contributed by atoms with Crippen LogP contribution in [0.4, 0.5) is 0 Å². The Morgan fingerprint density at radius 2 is 2.20 bits per heavy atom. The molecule has 20 heavy (non-hydrogen) atoms. The molecular formula is C14H23N3O3. The number of rotatable bonds is 3. The highest BCUT2D eigenvalue weighted by atomic mass is 16.5. The van der Waals surface area contributed by atoms with E-state index in [9.17, 15) is 5.11 Å². The van der Waals surface area contributed by atoms with Crippen molar-refractivity contribution < 1.29 is 14.6 Å². The lowest BCUT2D eigenvalue weighted by molar-refractivity contribution is -0.105. The van der Waals surface area contributed by atoms with Gasteiger partial charge >= 0.3 is 0 Å². The lowest BCUT2D eigenvalue weighted by Gasteiger charge is -2.41. The third-order valence-corrected chi connectivity index (χ3v) is 4.20. The number of aliphatic hydroxyl groups is 1. The van der Waals surface area contributed by atoms with E-state index in [1.807, 2.05) is 13.1 Å². The van der Waals surface area contributed by atoms with E-state index in [-0.39, 0.29) is 6.04 Å². The van der Waals surface area contributed by atoms with Crippen LogP contribution in [-0.4, -0.2) is 65.1 Å². The monoisotopic (exact) mass is 281 g/mol. The number of β-amino-alcohol motifs (C(OH)–C–C–N with tert-alkyl or cyclic N) is 1. The fraction of sp³-hybridized carbons (Fsp3) is 0.786. The van der Waals surface area contributed by atoms with Gasteiger partial charge in [-0.15, -0.1) is 0 Å². The molecule has 3 rings (SSSR count). The smallest absolute Gasteiger partial charge is 0.126 e. The molecule has 0 amide bonds. The average Bonchev–Trinajstić information content (AvgIpc) is 2.86. The van der Waals surface area contributed by atoms with Gasteiger partial charge < -0.3 is 19.6 Å². The van der Waals surface area contributed by atoms with Crippen molar-refractivity contribution in [2.75, 3.05) is 39.5 Å². The second-order valence-corrected chi connectivity index (χ2v) is 5.85. The van der Waals surface area contributed by atoms with Crippen molar-refractivity contribution in [1.82, 2.24) is 14.9 Å². The number of aryl methyl sites for hydroxylation is 1. The van der Waals surface area contributed by atoms with Crippen LogP contribution >= 0.6 is 0 Å². The number of hydrogen-bond donors (Lipinski definition) is 2. The summed E-state index contributed by atoms with van der Waals surface area (Å²) in [6.45, 7) is 6.10. The maximum Gasteiger partial charge on any atom is 0.126 e. The molecule has 0 bridgehead atoms. The number of hydrogen-bond acceptors (Lipinski definition) is 5. The minimum Gasteiger partial charge on any atom is -0.388 e. The summed E-state index contributed by atoms with van der Waals surface area (Å²) in [5, 5.41) is 10.7. The van der Waals surface area contributed by atoms with Crippen LogP contribution in [0.25, 0.3) is 0 Å². The summed E-state index contributed by atoms with van der Waals surface area (Å²) < 4.78 is 10.9. The molecule has 1 atom stereocenters. The molecule has 6 nitrogen and oxygen atoms in total. The Labute approximate surface area is 119 Å². The van der Waals surface area contributed by atoms with E-state index >= 15 is 0 Å². The number of aromatic nitrogens is 2. The molecule has 0 spiro atoms. The minimum atomic E-state index is -0.643. The number of imidazole rings is 1. The van der Waals surface area contributed by atoms with Gasteiger partial charge in [-0.3, -0.25) is 4.90 Å². The number of H-pyrrole nitrogens is 1. The summed E-state index contributed by atoms with van der Waals surface area (Å²) in [6, 6.07) is 0.101. The maximum absolute atomic E-state index is 10.7. The molecule has 0 radical (unpaired) electrons. The molecule has 0 saturated carbocycles. The third-order valence-electron chi connectivity index (χ3n) is 4.20. The van der Waals surface area contributed by atoms with Crippen molar-refractivity contribution in [2.24, 2.45) is 0 Å². The Balaban J connectivity index is 1.72. The zero-order valence-corrected chi connectivity index (χ0v) is 12.0. The van der Waals surface area contributed by atoms with E-state index in [0.29, 0.717) is 45.8 Å². The van der Waals surface area contributed by atoms with Crippen LogP contribution in [0.2, 0.25) is 0 Å². The van der Waals surface area contributed by atoms with Crippen molar-refractivity contribution in [1.29, 1.82) is 0 Å². The van der Waals surface area contributed by atoms with Gasteiger partial charge in [0.25, 0.3) is 0 Å². The van der Waals surface area contributed by atoms with Crippen LogP contribution in [0.3, 0.4) is 0 Å². The summed E-state index contributed by atoms with van der Waals surface area (Å²) in [6.07, 6.45) is 3.24. The van der Waals surface area contributed by atoms with Crippen molar-refractivity contribution in [3.8, 4) is 0 Å². The van der Waals surface area contributed by atoms with Crippen molar-refractivity contribution in [3.63, 3.8) is 0 Å². The number of nitrogens with one attached hydrogen (secondary N) is 1. The molecule has 2 aliphatic heterocycles. The second-order valence-electron chi connectivity index (χ2n) is 5.85. The molecule has 112 valence electrons. The Kier molecular flexibility index (Phi) is 4.07. The Morgan fingerprint density at radius 1 is 1.40 bits per heavy atom. The molecule has 2 N–H and O–H groups in total. The van der Waals surface area contributed by atoms with Gasteiger partial charge in [-0.1, -0.05) is 0 Å². The SMILES string of the molecule is Cc1cnc([C@H]2COCCN2CC2(O)CCOCC2)[nH]1. The lowest BCUT2D eigenvalue weighted by Crippen LogP contribution is -2.51. The predicted octanol–water partition coefficient (Wildman–Crippen LogP) is 0.633. The zero-order chi connectivity index (χ0) is 14.0. The van der Waals surface area contributed by atoms with Crippen LogP contribution in [0.5, 0.6) is 0 Å². The first-order valence-electron chi connectivity index (χ1n) is 7.30. The molecule has 0 unspecified atom stereocenters. The van der Waals surface area contributed by atoms with Gasteiger partial charge in [0.1, 0.15) is 5.82 Å². The Morgan fingerprint density at radius 3 is 2.90 bits per heavy atom. The first-order chi connectivity index (χ1) is 9.66. The minimum absolute atomic E-state index is 0.101. The first kappa shape index (κ1) is 14.0. The van der Waals surface area contributed by atoms with Gasteiger partial charge in [-0.2, -0.15) is 0 Å². The highest BCUT2D eigenvalue weighted by Crippen LogP contribution is 2.28. The molecular weight excluding hydrogens is 258 g/mol. The summed E-state index contributed by atoms with van der Waals surface area (Å²) in [4.78, 5) is 9.99. The Bertz CT molecular complexity index is 443. The fourth-order valence-corrected chi connectivity index (χ4v) is 2.97. The van der Waals surface area contributed by atoms with Gasteiger partial charge in [-0.05, 0) is 6.92 Å². The van der Waals surface area contributed by atoms with Crippen molar-refractivity contribution >= 4 is 0 Å². The third kappa shape index (κ3) is 3.03. The van der Waals surface area contributed by atoms with Crippen LogP contribution in [-0.2, 0) is 9.47 Å². The molecule has 0 aromatic carbocycles. The average molecular weight is 281 g/mol. The molecule has 2 aliphatic rings. The summed E-state index contributed by atoms with van der Waals surface area (Å²) in [5.41, 5.74) is 0.408. The van der Waals surface area contributed by atoms with Crippen molar-refractivity contribution in [3.05, 3.63) is 17.7 Å². The highest BCUT2D eigenvalue weighted by Gasteiger charge is 2.36.